The van der Waals surface area contributed by atoms with Gasteiger partial charge in [0.15, 0.2) is 5.82 Å². The van der Waals surface area contributed by atoms with Crippen molar-refractivity contribution in [1.29, 1.82) is 0 Å². The lowest BCUT2D eigenvalue weighted by molar-refractivity contribution is -0.117. The van der Waals surface area contributed by atoms with E-state index >= 15 is 0 Å². The number of carbonyl (C=O) groups excluding carboxylic acids is 1. The quantitative estimate of drug-likeness (QED) is 0.530. The first-order valence-electron chi connectivity index (χ1n) is 10.4. The number of halogens is 1. The maximum Gasteiger partial charge on any atom is 0.278 e. The van der Waals surface area contributed by atoms with Gasteiger partial charge in [0.05, 0.1) is 11.1 Å². The maximum absolute atomic E-state index is 14.4. The monoisotopic (exact) mass is 433 g/mol. The second-order valence-electron chi connectivity index (χ2n) is 7.71. The molecule has 4 aromatic rings. The third-order valence-corrected chi connectivity index (χ3v) is 5.53. The van der Waals surface area contributed by atoms with E-state index in [1.807, 2.05) is 0 Å². The number of benzene rings is 2. The topological polar surface area (TPSA) is 108 Å². The second-order valence-corrected chi connectivity index (χ2v) is 7.71. The molecule has 0 unspecified atom stereocenters. The third-order valence-electron chi connectivity index (χ3n) is 5.53. The number of anilines is 1. The molecule has 5 rings (SSSR count). The van der Waals surface area contributed by atoms with Crippen LogP contribution in [0.4, 0.5) is 10.1 Å². The number of carbonyl (C=O) groups is 1. The smallest absolute Gasteiger partial charge is 0.278 e. The Balaban J connectivity index is 1.39. The minimum absolute atomic E-state index is 0.000249. The van der Waals surface area contributed by atoms with E-state index in [0.29, 0.717) is 22.3 Å². The molecule has 1 N–H and O–H groups in total. The molecule has 9 nitrogen and oxygen atoms in total. The Morgan fingerprint density at radius 1 is 1.06 bits per heavy atom. The molecular formula is C22H20FN7O2. The molecule has 10 heteroatoms. The zero-order valence-corrected chi connectivity index (χ0v) is 17.2. The van der Waals surface area contributed by atoms with Crippen LogP contribution in [0.5, 0.6) is 0 Å². The van der Waals surface area contributed by atoms with Crippen molar-refractivity contribution in [2.24, 2.45) is 0 Å². The average Bonchev–Trinajstić information content (AvgIpc) is 3.05. The molecule has 0 saturated heterocycles. The molecule has 1 aliphatic heterocycles. The fourth-order valence-corrected chi connectivity index (χ4v) is 3.91. The minimum Gasteiger partial charge on any atom is -0.322 e. The summed E-state index contributed by atoms with van der Waals surface area (Å²) < 4.78 is 17.5. The van der Waals surface area contributed by atoms with Crippen molar-refractivity contribution in [2.75, 3.05) is 5.32 Å². The number of hydrogen-bond donors (Lipinski definition) is 1. The Bertz CT molecular complexity index is 1380. The molecule has 0 bridgehead atoms. The summed E-state index contributed by atoms with van der Waals surface area (Å²) in [6.07, 6.45) is 4.09. The van der Waals surface area contributed by atoms with Gasteiger partial charge in [0.1, 0.15) is 23.7 Å². The lowest BCUT2D eigenvalue weighted by Gasteiger charge is -2.11. The van der Waals surface area contributed by atoms with Crippen LogP contribution in [0, 0.1) is 5.82 Å². The van der Waals surface area contributed by atoms with Crippen molar-refractivity contribution in [2.45, 2.75) is 38.8 Å². The minimum atomic E-state index is -0.590. The highest BCUT2D eigenvalue weighted by Crippen LogP contribution is 2.26. The molecule has 2 aromatic heterocycles. The van der Waals surface area contributed by atoms with Crippen LogP contribution in [-0.2, 0) is 24.3 Å². The van der Waals surface area contributed by atoms with Gasteiger partial charge in [0.25, 0.3) is 5.56 Å². The van der Waals surface area contributed by atoms with Crippen LogP contribution in [0.15, 0.2) is 47.3 Å². The highest BCUT2D eigenvalue weighted by molar-refractivity contribution is 5.91. The van der Waals surface area contributed by atoms with Crippen LogP contribution in [0.25, 0.3) is 22.3 Å². The lowest BCUT2D eigenvalue weighted by atomic mass is 10.1. The van der Waals surface area contributed by atoms with E-state index in [1.165, 1.54) is 12.1 Å². The van der Waals surface area contributed by atoms with Crippen molar-refractivity contribution in [3.05, 3.63) is 64.5 Å². The van der Waals surface area contributed by atoms with Crippen molar-refractivity contribution in [3.8, 4) is 11.4 Å². The molecule has 0 fully saturated rings. The zero-order chi connectivity index (χ0) is 22.1. The number of nitrogens with one attached hydrogen (secondary N) is 1. The number of aryl methyl sites for hydroxylation is 1. The molecular weight excluding hydrogens is 413 g/mol. The summed E-state index contributed by atoms with van der Waals surface area (Å²) in [6, 6.07) is 11.2. The Morgan fingerprint density at radius 3 is 2.84 bits per heavy atom. The van der Waals surface area contributed by atoms with Crippen molar-refractivity contribution in [1.82, 2.24) is 29.8 Å². The fraction of sp³-hybridized carbons (Fsp3) is 0.273. The summed E-state index contributed by atoms with van der Waals surface area (Å²) in [7, 11) is 0. The van der Waals surface area contributed by atoms with Crippen LogP contribution in [0.3, 0.4) is 0 Å². The number of amides is 1. The molecule has 2 aromatic carbocycles. The third kappa shape index (κ3) is 3.75. The van der Waals surface area contributed by atoms with Crippen LogP contribution in [0.1, 0.15) is 25.1 Å². The van der Waals surface area contributed by atoms with Gasteiger partial charge in [-0.25, -0.2) is 9.07 Å². The Labute approximate surface area is 181 Å². The zero-order valence-electron chi connectivity index (χ0n) is 17.2. The first-order valence-corrected chi connectivity index (χ1v) is 10.4. The summed E-state index contributed by atoms with van der Waals surface area (Å²) in [5.41, 5.74) is 0.664. The molecule has 32 heavy (non-hydrogen) atoms. The van der Waals surface area contributed by atoms with Crippen molar-refractivity contribution >= 4 is 22.5 Å². The number of nitrogens with zero attached hydrogens (tertiary/aromatic N) is 6. The lowest BCUT2D eigenvalue weighted by Crippen LogP contribution is -2.30. The molecule has 0 saturated carbocycles. The predicted octanol–water partition coefficient (Wildman–Crippen LogP) is 2.55. The van der Waals surface area contributed by atoms with Gasteiger partial charge in [0.2, 0.25) is 5.91 Å². The predicted molar refractivity (Wildman–Crippen MR) is 115 cm³/mol. The van der Waals surface area contributed by atoms with E-state index < -0.39 is 17.3 Å². The van der Waals surface area contributed by atoms with Crippen LogP contribution < -0.4 is 10.9 Å². The number of aromatic nitrogens is 6. The Morgan fingerprint density at radius 2 is 1.94 bits per heavy atom. The van der Waals surface area contributed by atoms with E-state index in [9.17, 15) is 14.0 Å². The summed E-state index contributed by atoms with van der Waals surface area (Å²) in [4.78, 5) is 25.1. The van der Waals surface area contributed by atoms with Gasteiger partial charge in [-0.1, -0.05) is 23.8 Å². The largest absolute Gasteiger partial charge is 0.322 e. The van der Waals surface area contributed by atoms with Crippen molar-refractivity contribution in [3.63, 3.8) is 0 Å². The van der Waals surface area contributed by atoms with Gasteiger partial charge in [-0.05, 0) is 43.2 Å². The summed E-state index contributed by atoms with van der Waals surface area (Å²) >= 11 is 0. The average molecular weight is 433 g/mol. The van der Waals surface area contributed by atoms with Crippen LogP contribution >= 0.6 is 0 Å². The number of fused-ring (bicyclic) bond motifs is 2. The fourth-order valence-electron chi connectivity index (χ4n) is 3.91. The molecule has 1 amide bonds. The highest BCUT2D eigenvalue weighted by atomic mass is 19.1. The van der Waals surface area contributed by atoms with Gasteiger partial charge in [-0.3, -0.25) is 9.59 Å². The van der Waals surface area contributed by atoms with E-state index in [4.69, 9.17) is 0 Å². The van der Waals surface area contributed by atoms with Gasteiger partial charge in [-0.15, -0.1) is 15.3 Å². The molecule has 162 valence electrons. The first kappa shape index (κ1) is 20.0. The molecule has 0 radical (unpaired) electrons. The standard InChI is InChI=1S/C22H20FN7O2/c23-16-10-9-14(21-27-26-19-8-2-1-5-11-29(19)21)12-18(16)24-20(31)13-30-22(32)15-6-3-4-7-17(15)25-28-30/h3-4,6-7,9-10,12H,1-2,5,8,11,13H2,(H,24,31). The summed E-state index contributed by atoms with van der Waals surface area (Å²) in [5, 5.41) is 19.2. The number of rotatable bonds is 4. The highest BCUT2D eigenvalue weighted by Gasteiger charge is 2.18. The van der Waals surface area contributed by atoms with Gasteiger partial charge in [-0.2, -0.15) is 0 Å². The molecule has 0 atom stereocenters. The molecule has 3 heterocycles. The SMILES string of the molecule is O=C(Cn1nnc2ccccc2c1=O)Nc1cc(-c2nnc3n2CCCCC3)ccc1F. The second kappa shape index (κ2) is 8.29. The Hall–Kier alpha value is -3.95. The Kier molecular flexibility index (Phi) is 5.18. The van der Waals surface area contributed by atoms with E-state index in [-0.39, 0.29) is 12.2 Å². The molecule has 0 aliphatic carbocycles. The number of hydrogen-bond acceptors (Lipinski definition) is 6. The van der Waals surface area contributed by atoms with E-state index in [2.05, 4.69) is 30.4 Å². The van der Waals surface area contributed by atoms with Crippen LogP contribution in [0.2, 0.25) is 0 Å². The molecule has 0 spiro atoms. The first-order chi connectivity index (χ1) is 15.6. The van der Waals surface area contributed by atoms with Gasteiger partial charge >= 0.3 is 0 Å². The van der Waals surface area contributed by atoms with E-state index in [1.54, 1.807) is 30.3 Å². The van der Waals surface area contributed by atoms with Gasteiger partial charge in [0, 0.05) is 18.5 Å². The summed E-state index contributed by atoms with van der Waals surface area (Å²) in [5.74, 6) is 0.387. The van der Waals surface area contributed by atoms with Crippen molar-refractivity contribution < 1.29 is 9.18 Å². The normalized spacial score (nSPS) is 13.5. The summed E-state index contributed by atoms with van der Waals surface area (Å²) in [6.45, 7) is 0.418. The molecule has 1 aliphatic rings. The van der Waals surface area contributed by atoms with Crippen LogP contribution in [-0.4, -0.2) is 35.7 Å². The van der Waals surface area contributed by atoms with E-state index in [0.717, 1.165) is 42.7 Å². The maximum atomic E-state index is 14.4. The van der Waals surface area contributed by atoms with Gasteiger partial charge < -0.3 is 9.88 Å².